The van der Waals surface area contributed by atoms with Crippen molar-refractivity contribution in [3.05, 3.63) is 59.1 Å². The van der Waals surface area contributed by atoms with Gasteiger partial charge in [-0.05, 0) is 12.1 Å². The number of rotatable bonds is 2. The van der Waals surface area contributed by atoms with E-state index in [1.54, 1.807) is 0 Å². The second kappa shape index (κ2) is 4.15. The van der Waals surface area contributed by atoms with Gasteiger partial charge in [0.1, 0.15) is 6.26 Å². The molecule has 0 aliphatic carbocycles. The molecule has 2 rings (SSSR count). The summed E-state index contributed by atoms with van der Waals surface area (Å²) in [5.41, 5.74) is -0.00916. The van der Waals surface area contributed by atoms with Crippen molar-refractivity contribution in [2.24, 2.45) is 0 Å². The SMILES string of the molecule is O=c1ccocc1Sc1ccccc1. The average Bonchev–Trinajstić information content (AvgIpc) is 2.23. The molecule has 70 valence electrons. The molecule has 0 N–H and O–H groups in total. The van der Waals surface area contributed by atoms with Gasteiger partial charge in [0.05, 0.1) is 11.2 Å². The molecule has 2 nitrogen and oxygen atoms in total. The number of hydrogen-bond donors (Lipinski definition) is 0. The van der Waals surface area contributed by atoms with Gasteiger partial charge >= 0.3 is 0 Å². The third-order valence-electron chi connectivity index (χ3n) is 1.69. The van der Waals surface area contributed by atoms with Crippen LogP contribution in [0.3, 0.4) is 0 Å². The van der Waals surface area contributed by atoms with Crippen LogP contribution in [-0.2, 0) is 0 Å². The highest BCUT2D eigenvalue weighted by molar-refractivity contribution is 7.99. The zero-order valence-corrected chi connectivity index (χ0v) is 8.16. The molecule has 0 spiro atoms. The second-order valence-electron chi connectivity index (χ2n) is 2.70. The van der Waals surface area contributed by atoms with E-state index < -0.39 is 0 Å². The van der Waals surface area contributed by atoms with Crippen LogP contribution in [0.1, 0.15) is 0 Å². The first kappa shape index (κ1) is 9.09. The quantitative estimate of drug-likeness (QED) is 0.753. The average molecular weight is 204 g/mol. The van der Waals surface area contributed by atoms with Gasteiger partial charge in [-0.3, -0.25) is 4.79 Å². The van der Waals surface area contributed by atoms with E-state index in [1.165, 1.54) is 30.4 Å². The maximum absolute atomic E-state index is 11.3. The Labute approximate surface area is 85.6 Å². The summed E-state index contributed by atoms with van der Waals surface area (Å²) in [6.07, 6.45) is 2.86. The van der Waals surface area contributed by atoms with Crippen LogP contribution in [-0.4, -0.2) is 0 Å². The van der Waals surface area contributed by atoms with Crippen LogP contribution in [0.4, 0.5) is 0 Å². The van der Waals surface area contributed by atoms with Crippen molar-refractivity contribution in [1.82, 2.24) is 0 Å². The fraction of sp³-hybridized carbons (Fsp3) is 0. The lowest BCUT2D eigenvalue weighted by molar-refractivity contribution is 0.534. The molecule has 0 atom stereocenters. The molecule has 2 aromatic rings. The zero-order chi connectivity index (χ0) is 9.80. The Kier molecular flexibility index (Phi) is 2.70. The molecule has 14 heavy (non-hydrogen) atoms. The maximum atomic E-state index is 11.3. The molecule has 0 saturated carbocycles. The molecular weight excluding hydrogens is 196 g/mol. The summed E-state index contributed by atoms with van der Waals surface area (Å²) in [6.45, 7) is 0. The van der Waals surface area contributed by atoms with Gasteiger partial charge in [-0.25, -0.2) is 0 Å². The van der Waals surface area contributed by atoms with Crippen LogP contribution in [0.25, 0.3) is 0 Å². The molecule has 0 aliphatic rings. The Morgan fingerprint density at radius 1 is 1.07 bits per heavy atom. The van der Waals surface area contributed by atoms with Gasteiger partial charge in [-0.2, -0.15) is 0 Å². The second-order valence-corrected chi connectivity index (χ2v) is 3.82. The van der Waals surface area contributed by atoms with Crippen molar-refractivity contribution >= 4 is 11.8 Å². The predicted molar refractivity (Wildman–Crippen MR) is 55.5 cm³/mol. The topological polar surface area (TPSA) is 30.2 Å². The molecule has 0 fully saturated rings. The molecular formula is C11H8O2S. The minimum absolute atomic E-state index is 0.00916. The summed E-state index contributed by atoms with van der Waals surface area (Å²) in [5, 5.41) is 0. The van der Waals surface area contributed by atoms with E-state index in [9.17, 15) is 4.79 Å². The van der Waals surface area contributed by atoms with E-state index in [0.717, 1.165) is 4.90 Å². The standard InChI is InChI=1S/C11H8O2S/c12-10-6-7-13-8-11(10)14-9-4-2-1-3-5-9/h1-8H. The first-order valence-electron chi connectivity index (χ1n) is 4.16. The lowest BCUT2D eigenvalue weighted by Crippen LogP contribution is -1.99. The maximum Gasteiger partial charge on any atom is 0.198 e. The molecule has 1 aromatic heterocycles. The van der Waals surface area contributed by atoms with Gasteiger partial charge in [0.15, 0.2) is 5.43 Å². The van der Waals surface area contributed by atoms with E-state index in [-0.39, 0.29) is 5.43 Å². The Morgan fingerprint density at radius 2 is 1.86 bits per heavy atom. The highest BCUT2D eigenvalue weighted by Gasteiger charge is 2.00. The van der Waals surface area contributed by atoms with Gasteiger partial charge in [0, 0.05) is 11.0 Å². The van der Waals surface area contributed by atoms with E-state index in [1.807, 2.05) is 30.3 Å². The molecule has 1 aromatic carbocycles. The summed E-state index contributed by atoms with van der Waals surface area (Å²) in [6, 6.07) is 11.1. The van der Waals surface area contributed by atoms with Crippen LogP contribution in [0.2, 0.25) is 0 Å². The summed E-state index contributed by atoms with van der Waals surface area (Å²) in [7, 11) is 0. The van der Waals surface area contributed by atoms with E-state index in [4.69, 9.17) is 4.42 Å². The van der Waals surface area contributed by atoms with Crippen LogP contribution < -0.4 is 5.43 Å². The molecule has 3 heteroatoms. The van der Waals surface area contributed by atoms with Crippen molar-refractivity contribution in [1.29, 1.82) is 0 Å². The van der Waals surface area contributed by atoms with Crippen molar-refractivity contribution in [3.8, 4) is 0 Å². The Bertz CT molecular complexity index is 462. The van der Waals surface area contributed by atoms with Gasteiger partial charge in [0.25, 0.3) is 0 Å². The molecule has 0 bridgehead atoms. The first-order valence-corrected chi connectivity index (χ1v) is 4.97. The van der Waals surface area contributed by atoms with E-state index in [2.05, 4.69) is 0 Å². The molecule has 0 unspecified atom stereocenters. The lowest BCUT2D eigenvalue weighted by Gasteiger charge is -1.98. The fourth-order valence-electron chi connectivity index (χ4n) is 1.03. The Hall–Kier alpha value is -1.48. The minimum atomic E-state index is -0.00916. The van der Waals surface area contributed by atoms with Crippen LogP contribution in [0.5, 0.6) is 0 Å². The number of benzene rings is 1. The largest absolute Gasteiger partial charge is 0.471 e. The summed E-state index contributed by atoms with van der Waals surface area (Å²) in [5.74, 6) is 0. The predicted octanol–water partition coefficient (Wildman–Crippen LogP) is 2.79. The fourth-order valence-corrected chi connectivity index (χ4v) is 1.85. The zero-order valence-electron chi connectivity index (χ0n) is 7.34. The van der Waals surface area contributed by atoms with Crippen LogP contribution in [0.15, 0.2) is 67.9 Å². The van der Waals surface area contributed by atoms with Crippen LogP contribution in [0, 0.1) is 0 Å². The van der Waals surface area contributed by atoms with Crippen molar-refractivity contribution in [3.63, 3.8) is 0 Å². The third kappa shape index (κ3) is 2.06. The Balaban J connectivity index is 2.28. The van der Waals surface area contributed by atoms with Crippen molar-refractivity contribution in [2.75, 3.05) is 0 Å². The molecule has 1 heterocycles. The molecule has 0 aliphatic heterocycles. The van der Waals surface area contributed by atoms with Crippen molar-refractivity contribution in [2.45, 2.75) is 9.79 Å². The first-order chi connectivity index (χ1) is 6.86. The van der Waals surface area contributed by atoms with Gasteiger partial charge in [0.2, 0.25) is 0 Å². The third-order valence-corrected chi connectivity index (χ3v) is 2.71. The molecule has 0 radical (unpaired) electrons. The lowest BCUT2D eigenvalue weighted by atomic mass is 10.4. The Morgan fingerprint density at radius 3 is 2.57 bits per heavy atom. The van der Waals surface area contributed by atoms with Gasteiger partial charge < -0.3 is 4.42 Å². The normalized spacial score (nSPS) is 10.0. The van der Waals surface area contributed by atoms with Crippen molar-refractivity contribution < 1.29 is 4.42 Å². The highest BCUT2D eigenvalue weighted by atomic mass is 32.2. The number of hydrogen-bond acceptors (Lipinski definition) is 3. The monoisotopic (exact) mass is 204 g/mol. The summed E-state index contributed by atoms with van der Waals surface area (Å²) < 4.78 is 4.94. The van der Waals surface area contributed by atoms with Crippen LogP contribution >= 0.6 is 11.8 Å². The van der Waals surface area contributed by atoms with E-state index in [0.29, 0.717) is 4.90 Å². The van der Waals surface area contributed by atoms with Gasteiger partial charge in [-0.1, -0.05) is 30.0 Å². The van der Waals surface area contributed by atoms with E-state index >= 15 is 0 Å². The van der Waals surface area contributed by atoms with Gasteiger partial charge in [-0.15, -0.1) is 0 Å². The molecule has 0 amide bonds. The summed E-state index contributed by atoms with van der Waals surface area (Å²) >= 11 is 1.41. The smallest absolute Gasteiger partial charge is 0.198 e. The molecule has 0 saturated heterocycles. The highest BCUT2D eigenvalue weighted by Crippen LogP contribution is 2.23. The summed E-state index contributed by atoms with van der Waals surface area (Å²) in [4.78, 5) is 13.0. The minimum Gasteiger partial charge on any atom is -0.471 e.